The van der Waals surface area contributed by atoms with Crippen molar-refractivity contribution in [3.63, 3.8) is 0 Å². The second-order valence-electron chi connectivity index (χ2n) is 4.65. The number of carbonyl (C=O) groups is 1. The van der Waals surface area contributed by atoms with E-state index >= 15 is 0 Å². The second kappa shape index (κ2) is 4.80. The molecule has 12 nitrogen and oxygen atoms in total. The van der Waals surface area contributed by atoms with Gasteiger partial charge >= 0.3 is 22.4 Å². The summed E-state index contributed by atoms with van der Waals surface area (Å²) in [7, 11) is -4.71. The molecule has 2 fully saturated rings. The van der Waals surface area contributed by atoms with E-state index in [0.717, 1.165) is 5.01 Å². The summed E-state index contributed by atoms with van der Waals surface area (Å²) in [5.74, 6) is 0.289. The normalized spacial score (nSPS) is 25.7. The SMILES string of the molecule is Nc1nc([C@@H]2CC[C@@H]3CN2C(=O)N3NOS(=O)(=O)O)no1. The molecule has 2 aliphatic heterocycles. The minimum atomic E-state index is -4.71. The Bertz CT molecular complexity index is 660. The van der Waals surface area contributed by atoms with Crippen LogP contribution in [0.15, 0.2) is 4.52 Å². The van der Waals surface area contributed by atoms with Crippen LogP contribution < -0.4 is 11.3 Å². The Balaban J connectivity index is 1.75. The van der Waals surface area contributed by atoms with Crippen molar-refractivity contribution in [1.82, 2.24) is 25.6 Å². The molecule has 116 valence electrons. The van der Waals surface area contributed by atoms with Crippen LogP contribution in [0, 0.1) is 0 Å². The maximum atomic E-state index is 12.2. The summed E-state index contributed by atoms with van der Waals surface area (Å²) in [5, 5.41) is 4.69. The highest BCUT2D eigenvalue weighted by molar-refractivity contribution is 7.80. The topological polar surface area (TPSA) is 164 Å². The summed E-state index contributed by atoms with van der Waals surface area (Å²) in [4.78, 5) is 17.5. The summed E-state index contributed by atoms with van der Waals surface area (Å²) >= 11 is 0. The number of hydrazine groups is 1. The molecule has 1 aromatic rings. The van der Waals surface area contributed by atoms with Crippen molar-refractivity contribution in [3.05, 3.63) is 5.82 Å². The van der Waals surface area contributed by atoms with Gasteiger partial charge in [0.1, 0.15) is 0 Å². The van der Waals surface area contributed by atoms with Crippen molar-refractivity contribution in [2.75, 3.05) is 12.3 Å². The van der Waals surface area contributed by atoms with Gasteiger partial charge in [0.05, 0.1) is 12.1 Å². The Labute approximate surface area is 118 Å². The highest BCUT2D eigenvalue weighted by atomic mass is 32.3. The van der Waals surface area contributed by atoms with Gasteiger partial charge in [-0.15, -0.1) is 4.28 Å². The van der Waals surface area contributed by atoms with E-state index in [2.05, 4.69) is 14.4 Å². The monoisotopic (exact) mass is 320 g/mol. The van der Waals surface area contributed by atoms with Crippen molar-refractivity contribution in [2.24, 2.45) is 0 Å². The number of carbonyl (C=O) groups excluding carboxylic acids is 1. The molecule has 0 saturated carbocycles. The van der Waals surface area contributed by atoms with Crippen LogP contribution in [0.25, 0.3) is 0 Å². The molecular formula is C8H12N6O6S. The van der Waals surface area contributed by atoms with E-state index in [0.29, 0.717) is 19.4 Å². The van der Waals surface area contributed by atoms with Gasteiger partial charge in [0.2, 0.25) is 0 Å². The lowest BCUT2D eigenvalue weighted by Crippen LogP contribution is -2.45. The first-order valence-corrected chi connectivity index (χ1v) is 7.32. The first kappa shape index (κ1) is 14.0. The molecule has 0 aromatic carbocycles. The molecule has 2 amide bonds. The van der Waals surface area contributed by atoms with Crippen molar-refractivity contribution in [1.29, 1.82) is 0 Å². The number of anilines is 1. The molecule has 13 heteroatoms. The molecule has 3 rings (SSSR count). The molecule has 0 spiro atoms. The fourth-order valence-electron chi connectivity index (χ4n) is 2.52. The lowest BCUT2D eigenvalue weighted by atomic mass is 10.0. The van der Waals surface area contributed by atoms with Crippen LogP contribution in [0.4, 0.5) is 10.8 Å². The third-order valence-corrected chi connectivity index (χ3v) is 3.66. The van der Waals surface area contributed by atoms with Crippen LogP contribution in [0.5, 0.6) is 0 Å². The average Bonchev–Trinajstić information content (AvgIpc) is 2.92. The Hall–Kier alpha value is -1.96. The largest absolute Gasteiger partial charge is 0.415 e. The standard InChI is InChI=1S/C8H12N6O6S/c9-7-10-6(11-19-7)5-2-1-4-3-13(5)8(15)14(4)12-20-21(16,17)18/h4-5,12H,1-3H2,(H2,9,10,11)(H,16,17,18)/t4-,5+/m1/s1. The number of piperidine rings is 1. The predicted octanol–water partition coefficient (Wildman–Crippen LogP) is -1.17. The minimum absolute atomic E-state index is 0.0940. The molecule has 0 unspecified atom stereocenters. The Kier molecular flexibility index (Phi) is 3.20. The van der Waals surface area contributed by atoms with E-state index in [-0.39, 0.29) is 17.9 Å². The third-order valence-electron chi connectivity index (χ3n) is 3.37. The van der Waals surface area contributed by atoms with Gasteiger partial charge in [-0.3, -0.25) is 4.55 Å². The van der Waals surface area contributed by atoms with Crippen molar-refractivity contribution in [2.45, 2.75) is 24.9 Å². The van der Waals surface area contributed by atoms with Gasteiger partial charge in [-0.1, -0.05) is 10.7 Å². The lowest BCUT2D eigenvalue weighted by Gasteiger charge is -2.27. The van der Waals surface area contributed by atoms with Gasteiger partial charge in [-0.2, -0.15) is 13.4 Å². The van der Waals surface area contributed by atoms with Crippen molar-refractivity contribution in [3.8, 4) is 0 Å². The van der Waals surface area contributed by atoms with Crippen LogP contribution in [0.2, 0.25) is 0 Å². The van der Waals surface area contributed by atoms with Crippen molar-refractivity contribution < 1.29 is 26.6 Å². The molecular weight excluding hydrogens is 308 g/mol. The van der Waals surface area contributed by atoms with Crippen LogP contribution in [0.1, 0.15) is 24.7 Å². The molecule has 2 bridgehead atoms. The molecule has 4 N–H and O–H groups in total. The summed E-state index contributed by atoms with van der Waals surface area (Å²) in [6.45, 7) is 0.333. The maximum Gasteiger partial charge on any atom is 0.415 e. The zero-order valence-electron chi connectivity index (χ0n) is 10.5. The van der Waals surface area contributed by atoms with Crippen LogP contribution >= 0.6 is 0 Å². The predicted molar refractivity (Wildman–Crippen MR) is 64.2 cm³/mol. The van der Waals surface area contributed by atoms with E-state index in [1.807, 2.05) is 5.59 Å². The minimum Gasteiger partial charge on any atom is -0.351 e. The van der Waals surface area contributed by atoms with Crippen LogP contribution in [-0.2, 0) is 14.7 Å². The maximum absolute atomic E-state index is 12.2. The van der Waals surface area contributed by atoms with E-state index in [1.54, 1.807) is 0 Å². The Morgan fingerprint density at radius 2 is 2.24 bits per heavy atom. The Morgan fingerprint density at radius 1 is 1.48 bits per heavy atom. The first-order valence-electron chi connectivity index (χ1n) is 5.95. The zero-order valence-corrected chi connectivity index (χ0v) is 11.4. The lowest BCUT2D eigenvalue weighted by molar-refractivity contribution is 0.0181. The van der Waals surface area contributed by atoms with E-state index < -0.39 is 22.5 Å². The molecule has 1 aromatic heterocycles. The van der Waals surface area contributed by atoms with E-state index in [4.69, 9.17) is 14.8 Å². The van der Waals surface area contributed by atoms with E-state index in [9.17, 15) is 13.2 Å². The number of fused-ring (bicyclic) bond motifs is 2. The van der Waals surface area contributed by atoms with Gasteiger partial charge < -0.3 is 15.2 Å². The zero-order chi connectivity index (χ0) is 15.2. The van der Waals surface area contributed by atoms with Gasteiger partial charge in [-0.25, -0.2) is 9.80 Å². The number of nitrogens with two attached hydrogens (primary N) is 1. The molecule has 2 atom stereocenters. The summed E-state index contributed by atoms with van der Waals surface area (Å²) < 4.78 is 38.3. The summed E-state index contributed by atoms with van der Waals surface area (Å²) in [5.41, 5.74) is 7.29. The van der Waals surface area contributed by atoms with Crippen LogP contribution in [0.3, 0.4) is 0 Å². The third kappa shape index (κ3) is 2.63. The summed E-state index contributed by atoms with van der Waals surface area (Å²) in [6, 6.07) is -1.31. The fraction of sp³-hybridized carbons (Fsp3) is 0.625. The first-order chi connectivity index (χ1) is 9.85. The smallest absolute Gasteiger partial charge is 0.351 e. The molecule has 0 aliphatic carbocycles. The summed E-state index contributed by atoms with van der Waals surface area (Å²) in [6.07, 6.45) is 1.11. The van der Waals surface area contributed by atoms with Gasteiger partial charge in [0.15, 0.2) is 5.82 Å². The van der Waals surface area contributed by atoms with Crippen molar-refractivity contribution >= 4 is 22.4 Å². The van der Waals surface area contributed by atoms with Crippen LogP contribution in [-0.4, -0.2) is 51.6 Å². The molecule has 2 aliphatic rings. The number of hydrogen-bond acceptors (Lipinski definition) is 9. The molecule has 21 heavy (non-hydrogen) atoms. The number of aromatic nitrogens is 2. The van der Waals surface area contributed by atoms with Gasteiger partial charge in [0, 0.05) is 6.54 Å². The number of nitrogens with zero attached hydrogens (tertiary/aromatic N) is 4. The Morgan fingerprint density at radius 3 is 2.86 bits per heavy atom. The number of urea groups is 1. The number of nitrogen functional groups attached to an aromatic ring is 1. The molecule has 3 heterocycles. The number of nitrogens with one attached hydrogen (secondary N) is 1. The number of amides is 2. The second-order valence-corrected chi connectivity index (χ2v) is 5.67. The number of rotatable bonds is 4. The fourth-order valence-corrected chi connectivity index (χ4v) is 2.69. The quantitative estimate of drug-likeness (QED) is 0.454. The highest BCUT2D eigenvalue weighted by Crippen LogP contribution is 2.36. The van der Waals surface area contributed by atoms with E-state index in [1.165, 1.54) is 4.90 Å². The highest BCUT2D eigenvalue weighted by Gasteiger charge is 2.47. The molecule has 2 saturated heterocycles. The number of hydrogen-bond donors (Lipinski definition) is 3. The van der Waals surface area contributed by atoms with Gasteiger partial charge in [0.25, 0.3) is 0 Å². The molecule has 0 radical (unpaired) electrons. The average molecular weight is 320 g/mol. The van der Waals surface area contributed by atoms with Gasteiger partial charge in [-0.05, 0) is 12.8 Å².